The van der Waals surface area contributed by atoms with E-state index in [9.17, 15) is 22.4 Å². The number of aromatic nitrogens is 1. The van der Waals surface area contributed by atoms with Gasteiger partial charge in [-0.3, -0.25) is 0 Å². The number of carbonyl (C=O) groups is 1. The van der Waals surface area contributed by atoms with Crippen LogP contribution in [0.2, 0.25) is 0 Å². The number of hydrogen-bond acceptors (Lipinski definition) is 7. The van der Waals surface area contributed by atoms with Gasteiger partial charge >= 0.3 is 12.1 Å². The average molecular weight is 605 g/mol. The van der Waals surface area contributed by atoms with Crippen LogP contribution < -0.4 is 16.9 Å². The van der Waals surface area contributed by atoms with Gasteiger partial charge in [0.1, 0.15) is 11.5 Å². The van der Waals surface area contributed by atoms with E-state index in [1.807, 2.05) is 13.8 Å². The SMILES string of the molecule is CC(C)COC(=O)c1[nH]c2ccc(F)cc2c1/C(N)=C/N(N)CC1CCN(CCNCc2ccc(C(F)(F)F)cc2)CC1. The zero-order valence-electron chi connectivity index (χ0n) is 24.5. The lowest BCUT2D eigenvalue weighted by Gasteiger charge is -2.33. The Morgan fingerprint density at radius 1 is 1.19 bits per heavy atom. The second kappa shape index (κ2) is 14.2. The largest absolute Gasteiger partial charge is 0.461 e. The topological polar surface area (TPSA) is 113 Å². The minimum atomic E-state index is -4.33. The standard InChI is InChI=1S/C31H40F4N6O2/c1-20(2)19-43-30(42)29-28(25-15-24(32)7-8-27(25)39-29)26(36)18-41(37)17-22-9-12-40(13-10-22)14-11-38-16-21-3-5-23(6-4-21)31(33,34)35/h3-8,15,18,20,22,38-39H,9-14,16-17,19,36-37H2,1-2H3/b26-18-. The number of likely N-dealkylation sites (tertiary alicyclic amines) is 1. The summed E-state index contributed by atoms with van der Waals surface area (Å²) in [7, 11) is 0. The summed E-state index contributed by atoms with van der Waals surface area (Å²) in [6.07, 6.45) is -0.882. The number of nitrogens with one attached hydrogen (secondary N) is 2. The predicted octanol–water partition coefficient (Wildman–Crippen LogP) is 5.07. The van der Waals surface area contributed by atoms with Crippen molar-refractivity contribution < 1.29 is 27.1 Å². The number of nitrogens with zero attached hydrogens (tertiary/aromatic N) is 2. The van der Waals surface area contributed by atoms with Crippen LogP contribution in [0.25, 0.3) is 16.6 Å². The number of hydrazine groups is 1. The molecule has 0 aliphatic carbocycles. The minimum Gasteiger partial charge on any atom is -0.461 e. The zero-order chi connectivity index (χ0) is 31.1. The zero-order valence-corrected chi connectivity index (χ0v) is 24.5. The highest BCUT2D eigenvalue weighted by Gasteiger charge is 2.30. The van der Waals surface area contributed by atoms with Crippen LogP contribution in [0.15, 0.2) is 48.7 Å². The van der Waals surface area contributed by atoms with Crippen LogP contribution in [0.3, 0.4) is 0 Å². The molecule has 0 bridgehead atoms. The normalized spacial score (nSPS) is 15.4. The van der Waals surface area contributed by atoms with E-state index in [1.54, 1.807) is 12.3 Å². The lowest BCUT2D eigenvalue weighted by atomic mass is 9.96. The van der Waals surface area contributed by atoms with Gasteiger partial charge in [-0.2, -0.15) is 13.2 Å². The molecule has 6 N–H and O–H groups in total. The molecule has 0 atom stereocenters. The van der Waals surface area contributed by atoms with Crippen LogP contribution in [0.1, 0.15) is 53.9 Å². The van der Waals surface area contributed by atoms with E-state index in [-0.39, 0.29) is 23.9 Å². The van der Waals surface area contributed by atoms with E-state index in [2.05, 4.69) is 15.2 Å². The van der Waals surface area contributed by atoms with Crippen LogP contribution in [0.4, 0.5) is 17.6 Å². The highest BCUT2D eigenvalue weighted by atomic mass is 19.4. The summed E-state index contributed by atoms with van der Waals surface area (Å²) < 4.78 is 57.7. The first-order chi connectivity index (χ1) is 20.4. The van der Waals surface area contributed by atoms with Crippen molar-refractivity contribution in [1.29, 1.82) is 0 Å². The van der Waals surface area contributed by atoms with Crippen LogP contribution in [-0.4, -0.2) is 60.2 Å². The number of alkyl halides is 3. The minimum absolute atomic E-state index is 0.150. The Kier molecular flexibility index (Phi) is 10.7. The van der Waals surface area contributed by atoms with Crippen molar-refractivity contribution >= 4 is 22.6 Å². The van der Waals surface area contributed by atoms with Crippen LogP contribution in [0, 0.1) is 17.7 Å². The van der Waals surface area contributed by atoms with Gasteiger partial charge in [0.2, 0.25) is 0 Å². The van der Waals surface area contributed by atoms with Crippen molar-refractivity contribution in [2.75, 3.05) is 39.3 Å². The first-order valence-electron chi connectivity index (χ1n) is 14.5. The Hall–Kier alpha value is -3.61. The summed E-state index contributed by atoms with van der Waals surface area (Å²) in [4.78, 5) is 18.2. The van der Waals surface area contributed by atoms with E-state index >= 15 is 0 Å². The van der Waals surface area contributed by atoms with Gasteiger partial charge < -0.3 is 30.7 Å². The number of piperidine rings is 1. The van der Waals surface area contributed by atoms with Crippen LogP contribution in [-0.2, 0) is 17.5 Å². The molecule has 1 aromatic heterocycles. The van der Waals surface area contributed by atoms with E-state index in [1.165, 1.54) is 29.3 Å². The van der Waals surface area contributed by atoms with Gasteiger partial charge in [-0.25, -0.2) is 15.0 Å². The Labute approximate surface area is 249 Å². The molecule has 0 unspecified atom stereocenters. The summed E-state index contributed by atoms with van der Waals surface area (Å²) in [5.41, 5.74) is 7.91. The molecular weight excluding hydrogens is 564 g/mol. The third-order valence-corrected chi connectivity index (χ3v) is 7.50. The first-order valence-corrected chi connectivity index (χ1v) is 14.5. The van der Waals surface area contributed by atoms with Crippen LogP contribution in [0.5, 0.6) is 0 Å². The maximum atomic E-state index is 14.1. The lowest BCUT2D eigenvalue weighted by molar-refractivity contribution is -0.137. The highest BCUT2D eigenvalue weighted by molar-refractivity contribution is 6.04. The fraction of sp³-hybridized carbons (Fsp3) is 0.452. The summed E-state index contributed by atoms with van der Waals surface area (Å²) >= 11 is 0. The predicted molar refractivity (Wildman–Crippen MR) is 159 cm³/mol. The second-order valence-corrected chi connectivity index (χ2v) is 11.5. The molecule has 234 valence electrons. The third-order valence-electron chi connectivity index (χ3n) is 7.50. The fourth-order valence-corrected chi connectivity index (χ4v) is 5.20. The molecule has 4 rings (SSSR count). The number of fused-ring (bicyclic) bond motifs is 1. The number of hydrogen-bond donors (Lipinski definition) is 4. The van der Waals surface area contributed by atoms with Crippen molar-refractivity contribution in [3.05, 3.63) is 76.9 Å². The lowest BCUT2D eigenvalue weighted by Crippen LogP contribution is -2.41. The Morgan fingerprint density at radius 3 is 2.53 bits per heavy atom. The number of nitrogens with two attached hydrogens (primary N) is 2. The maximum absolute atomic E-state index is 14.1. The van der Waals surface area contributed by atoms with Gasteiger partial charge in [-0.05, 0) is 73.7 Å². The molecule has 8 nitrogen and oxygen atoms in total. The molecule has 1 aliphatic heterocycles. The third kappa shape index (κ3) is 8.94. The molecule has 2 aromatic carbocycles. The summed E-state index contributed by atoms with van der Waals surface area (Å²) in [5, 5.41) is 5.28. The Morgan fingerprint density at radius 2 is 1.88 bits per heavy atom. The van der Waals surface area contributed by atoms with E-state index in [4.69, 9.17) is 16.3 Å². The van der Waals surface area contributed by atoms with Crippen molar-refractivity contribution in [2.45, 2.75) is 39.4 Å². The molecule has 0 spiro atoms. The molecule has 2 heterocycles. The van der Waals surface area contributed by atoms with Gasteiger partial charge in [0, 0.05) is 48.8 Å². The molecule has 0 saturated carbocycles. The molecule has 1 aliphatic rings. The van der Waals surface area contributed by atoms with Gasteiger partial charge in [0.15, 0.2) is 0 Å². The number of benzene rings is 2. The van der Waals surface area contributed by atoms with Gasteiger partial charge in [-0.1, -0.05) is 26.0 Å². The summed E-state index contributed by atoms with van der Waals surface area (Å²) in [6, 6.07) is 9.39. The monoisotopic (exact) mass is 604 g/mol. The fourth-order valence-electron chi connectivity index (χ4n) is 5.20. The van der Waals surface area contributed by atoms with E-state index < -0.39 is 23.5 Å². The molecule has 12 heteroatoms. The summed E-state index contributed by atoms with van der Waals surface area (Å²) in [6.45, 7) is 8.52. The number of aromatic amines is 1. The molecule has 43 heavy (non-hydrogen) atoms. The van der Waals surface area contributed by atoms with Gasteiger partial charge in [0.05, 0.1) is 17.9 Å². The van der Waals surface area contributed by atoms with E-state index in [0.717, 1.165) is 56.7 Å². The Bertz CT molecular complexity index is 1400. The molecule has 1 fully saturated rings. The second-order valence-electron chi connectivity index (χ2n) is 11.5. The molecule has 1 saturated heterocycles. The Balaban J connectivity index is 1.27. The number of esters is 1. The molecular formula is C31H40F4N6O2. The van der Waals surface area contributed by atoms with Crippen molar-refractivity contribution in [3.8, 4) is 0 Å². The van der Waals surface area contributed by atoms with Gasteiger partial charge in [0.25, 0.3) is 0 Å². The van der Waals surface area contributed by atoms with Gasteiger partial charge in [-0.15, -0.1) is 0 Å². The average Bonchev–Trinajstić information content (AvgIpc) is 3.33. The molecule has 0 radical (unpaired) electrons. The van der Waals surface area contributed by atoms with E-state index in [0.29, 0.717) is 35.5 Å². The number of rotatable bonds is 12. The maximum Gasteiger partial charge on any atom is 0.416 e. The summed E-state index contributed by atoms with van der Waals surface area (Å²) in [5.74, 6) is 5.79. The quantitative estimate of drug-likeness (QED) is 0.0751. The smallest absolute Gasteiger partial charge is 0.416 e. The van der Waals surface area contributed by atoms with Crippen molar-refractivity contribution in [1.82, 2.24) is 20.2 Å². The van der Waals surface area contributed by atoms with Crippen LogP contribution >= 0.6 is 0 Å². The number of halogens is 4. The van der Waals surface area contributed by atoms with Crippen molar-refractivity contribution in [3.63, 3.8) is 0 Å². The molecule has 0 amide bonds. The van der Waals surface area contributed by atoms with Crippen molar-refractivity contribution in [2.24, 2.45) is 23.4 Å². The highest BCUT2D eigenvalue weighted by Crippen LogP contribution is 2.30. The number of H-pyrrole nitrogens is 1. The number of carbonyl (C=O) groups excluding carboxylic acids is 1. The molecule has 3 aromatic rings. The first kappa shape index (κ1) is 32.3. The number of ether oxygens (including phenoxy) is 1.